The Labute approximate surface area is 115 Å². The van der Waals surface area contributed by atoms with Crippen molar-refractivity contribution in [3.05, 3.63) is 0 Å². The molecule has 2 nitrogen and oxygen atoms in total. The van der Waals surface area contributed by atoms with Gasteiger partial charge in [-0.1, -0.05) is 41.5 Å². The van der Waals surface area contributed by atoms with Crippen molar-refractivity contribution in [1.29, 1.82) is 0 Å². The second-order valence-corrected chi connectivity index (χ2v) is 6.26. The van der Waals surface area contributed by atoms with Crippen LogP contribution in [0.25, 0.3) is 0 Å². The zero-order valence-corrected chi connectivity index (χ0v) is 13.4. The Hall–Kier alpha value is -0.0800. The Morgan fingerprint density at radius 3 is 2.06 bits per heavy atom. The second kappa shape index (κ2) is 6.91. The third kappa shape index (κ3) is 3.08. The number of hydrogen-bond donors (Lipinski definition) is 1. The fourth-order valence-electron chi connectivity index (χ4n) is 3.57. The normalized spacial score (nSPS) is 26.8. The van der Waals surface area contributed by atoms with Crippen LogP contribution in [0.3, 0.4) is 0 Å². The summed E-state index contributed by atoms with van der Waals surface area (Å²) in [5.74, 6) is 0.730. The molecule has 2 atom stereocenters. The second-order valence-electron chi connectivity index (χ2n) is 6.26. The van der Waals surface area contributed by atoms with E-state index in [1.54, 1.807) is 0 Å². The topological polar surface area (TPSA) is 15.3 Å². The van der Waals surface area contributed by atoms with Gasteiger partial charge < -0.3 is 5.32 Å². The maximum absolute atomic E-state index is 3.75. The molecular formula is C16H34N2. The minimum Gasteiger partial charge on any atom is -0.311 e. The quantitative estimate of drug-likeness (QED) is 0.778. The number of nitrogens with zero attached hydrogens (tertiary/aromatic N) is 1. The molecule has 0 aliphatic carbocycles. The van der Waals surface area contributed by atoms with E-state index in [1.165, 1.54) is 38.8 Å². The molecule has 18 heavy (non-hydrogen) atoms. The van der Waals surface area contributed by atoms with Crippen molar-refractivity contribution in [3.8, 4) is 0 Å². The first-order chi connectivity index (χ1) is 8.54. The summed E-state index contributed by atoms with van der Waals surface area (Å²) < 4.78 is 0. The third-order valence-electron chi connectivity index (χ3n) is 5.31. The lowest BCUT2D eigenvalue weighted by molar-refractivity contribution is -0.00802. The van der Waals surface area contributed by atoms with Gasteiger partial charge in [0, 0.05) is 30.7 Å². The molecule has 1 N–H and O–H groups in total. The van der Waals surface area contributed by atoms with Gasteiger partial charge in [0.05, 0.1) is 0 Å². The lowest BCUT2D eigenvalue weighted by Crippen LogP contribution is -2.64. The van der Waals surface area contributed by atoms with Crippen LogP contribution in [0.1, 0.15) is 67.2 Å². The van der Waals surface area contributed by atoms with E-state index in [4.69, 9.17) is 0 Å². The van der Waals surface area contributed by atoms with Crippen LogP contribution in [0.15, 0.2) is 0 Å². The summed E-state index contributed by atoms with van der Waals surface area (Å²) in [6, 6.07) is 1.39. The largest absolute Gasteiger partial charge is 0.311 e. The molecule has 1 aliphatic heterocycles. The average Bonchev–Trinajstić information content (AvgIpc) is 2.41. The van der Waals surface area contributed by atoms with Crippen molar-refractivity contribution in [2.45, 2.75) is 84.8 Å². The van der Waals surface area contributed by atoms with Crippen LogP contribution in [0.4, 0.5) is 0 Å². The molecule has 1 heterocycles. The average molecular weight is 254 g/mol. The predicted molar refractivity (Wildman–Crippen MR) is 81.0 cm³/mol. The van der Waals surface area contributed by atoms with Gasteiger partial charge in [0.2, 0.25) is 0 Å². The van der Waals surface area contributed by atoms with Crippen LogP contribution >= 0.6 is 0 Å². The van der Waals surface area contributed by atoms with Crippen LogP contribution in [-0.4, -0.2) is 35.6 Å². The zero-order chi connectivity index (χ0) is 13.8. The molecule has 1 saturated heterocycles. The van der Waals surface area contributed by atoms with Crippen molar-refractivity contribution < 1.29 is 0 Å². The lowest BCUT2D eigenvalue weighted by Gasteiger charge is -2.52. The molecule has 0 aromatic heterocycles. The fourth-order valence-corrected chi connectivity index (χ4v) is 3.57. The number of nitrogens with one attached hydrogen (secondary N) is 1. The van der Waals surface area contributed by atoms with Gasteiger partial charge in [0.15, 0.2) is 0 Å². The van der Waals surface area contributed by atoms with Crippen molar-refractivity contribution in [2.75, 3.05) is 13.1 Å². The van der Waals surface area contributed by atoms with Gasteiger partial charge in [-0.15, -0.1) is 0 Å². The van der Waals surface area contributed by atoms with Crippen molar-refractivity contribution in [3.63, 3.8) is 0 Å². The van der Waals surface area contributed by atoms with Gasteiger partial charge in [0.1, 0.15) is 0 Å². The molecule has 0 aromatic carbocycles. The third-order valence-corrected chi connectivity index (χ3v) is 5.31. The molecule has 1 aliphatic rings. The molecule has 2 heteroatoms. The smallest absolute Gasteiger partial charge is 0.0224 e. The van der Waals surface area contributed by atoms with Crippen LogP contribution in [0, 0.1) is 5.92 Å². The van der Waals surface area contributed by atoms with Gasteiger partial charge in [-0.2, -0.15) is 0 Å². The standard InChI is InChI=1S/C16H34N2/c1-7-14-11-17-15(13(5)6)12-18(14)16(8-2,9-3)10-4/h13-15,17H,7-12H2,1-6H3. The Morgan fingerprint density at radius 2 is 1.67 bits per heavy atom. The minimum absolute atomic E-state index is 0.427. The van der Waals surface area contributed by atoms with E-state index in [2.05, 4.69) is 51.8 Å². The highest BCUT2D eigenvalue weighted by Gasteiger charge is 2.39. The highest BCUT2D eigenvalue weighted by atomic mass is 15.3. The summed E-state index contributed by atoms with van der Waals surface area (Å²) in [4.78, 5) is 2.84. The summed E-state index contributed by atoms with van der Waals surface area (Å²) in [6.45, 7) is 16.5. The van der Waals surface area contributed by atoms with E-state index in [1.807, 2.05) is 0 Å². The molecule has 0 amide bonds. The number of rotatable bonds is 6. The van der Waals surface area contributed by atoms with Gasteiger partial charge in [0.25, 0.3) is 0 Å². The minimum atomic E-state index is 0.427. The summed E-state index contributed by atoms with van der Waals surface area (Å²) in [6.07, 6.45) is 5.10. The van der Waals surface area contributed by atoms with Crippen molar-refractivity contribution in [1.82, 2.24) is 10.2 Å². The van der Waals surface area contributed by atoms with Gasteiger partial charge in [-0.3, -0.25) is 4.90 Å². The van der Waals surface area contributed by atoms with Crippen molar-refractivity contribution >= 4 is 0 Å². The van der Waals surface area contributed by atoms with E-state index in [0.717, 1.165) is 12.0 Å². The molecular weight excluding hydrogens is 220 g/mol. The fraction of sp³-hybridized carbons (Fsp3) is 1.00. The number of piperazine rings is 1. The van der Waals surface area contributed by atoms with Crippen LogP contribution in [0.2, 0.25) is 0 Å². The Kier molecular flexibility index (Phi) is 6.13. The van der Waals surface area contributed by atoms with Gasteiger partial charge in [-0.25, -0.2) is 0 Å². The van der Waals surface area contributed by atoms with E-state index in [9.17, 15) is 0 Å². The van der Waals surface area contributed by atoms with Crippen LogP contribution in [0.5, 0.6) is 0 Å². The highest BCUT2D eigenvalue weighted by Crippen LogP contribution is 2.32. The molecule has 108 valence electrons. The maximum atomic E-state index is 3.75. The van der Waals surface area contributed by atoms with E-state index in [0.29, 0.717) is 11.6 Å². The predicted octanol–water partition coefficient (Wildman–Crippen LogP) is 3.66. The molecule has 0 aromatic rings. The first-order valence-corrected chi connectivity index (χ1v) is 8.04. The molecule has 1 rings (SSSR count). The van der Waals surface area contributed by atoms with E-state index in [-0.39, 0.29) is 0 Å². The molecule has 0 spiro atoms. The monoisotopic (exact) mass is 254 g/mol. The molecule has 0 bridgehead atoms. The highest BCUT2D eigenvalue weighted by molar-refractivity contribution is 4.97. The maximum Gasteiger partial charge on any atom is 0.0224 e. The molecule has 0 radical (unpaired) electrons. The van der Waals surface area contributed by atoms with Crippen LogP contribution < -0.4 is 5.32 Å². The Morgan fingerprint density at radius 1 is 1.11 bits per heavy atom. The lowest BCUT2D eigenvalue weighted by atomic mass is 9.83. The van der Waals surface area contributed by atoms with Crippen LogP contribution in [-0.2, 0) is 0 Å². The first-order valence-electron chi connectivity index (χ1n) is 8.04. The van der Waals surface area contributed by atoms with Gasteiger partial charge in [-0.05, 0) is 31.6 Å². The van der Waals surface area contributed by atoms with E-state index >= 15 is 0 Å². The van der Waals surface area contributed by atoms with Crippen molar-refractivity contribution in [2.24, 2.45) is 5.92 Å². The first kappa shape index (κ1) is 16.0. The Bertz CT molecular complexity index is 225. The summed E-state index contributed by atoms with van der Waals surface area (Å²) >= 11 is 0. The molecule has 0 saturated carbocycles. The molecule has 1 fully saturated rings. The molecule has 2 unspecified atom stereocenters. The number of hydrogen-bond acceptors (Lipinski definition) is 2. The summed E-state index contributed by atoms with van der Waals surface area (Å²) in [5, 5.41) is 3.75. The Balaban J connectivity index is 2.90. The van der Waals surface area contributed by atoms with Gasteiger partial charge >= 0.3 is 0 Å². The SMILES string of the molecule is CCC1CNC(C(C)C)CN1C(CC)(CC)CC. The summed E-state index contributed by atoms with van der Waals surface area (Å²) in [7, 11) is 0. The summed E-state index contributed by atoms with van der Waals surface area (Å²) in [5.41, 5.74) is 0.427. The van der Waals surface area contributed by atoms with E-state index < -0.39 is 0 Å². The zero-order valence-electron chi connectivity index (χ0n) is 13.4.